The third kappa shape index (κ3) is 4.86. The van der Waals surface area contributed by atoms with Crippen LogP contribution in [0, 0.1) is 5.92 Å². The van der Waals surface area contributed by atoms with Crippen molar-refractivity contribution in [2.24, 2.45) is 5.92 Å². The standard InChI is InChI=1S/C23H26N4O3/c1-16(2)14-26(19(28)13-17-9-5-3-6-10-17)20-21(24)27(23(30)25-22(20)29)15-18-11-7-4-8-12-18/h3-12,16H,13-15,24H2,1-2H3,(H,25,29,30). The van der Waals surface area contributed by atoms with Crippen LogP contribution in [0.15, 0.2) is 70.3 Å². The molecule has 1 aromatic heterocycles. The van der Waals surface area contributed by atoms with E-state index in [2.05, 4.69) is 4.98 Å². The maximum Gasteiger partial charge on any atom is 0.330 e. The molecule has 2 aromatic carbocycles. The predicted octanol–water partition coefficient (Wildman–Crippen LogP) is 2.40. The molecule has 1 heterocycles. The van der Waals surface area contributed by atoms with Crippen molar-refractivity contribution in [2.75, 3.05) is 17.2 Å². The smallest absolute Gasteiger partial charge is 0.330 e. The number of benzene rings is 2. The molecular weight excluding hydrogens is 380 g/mol. The van der Waals surface area contributed by atoms with E-state index in [1.807, 2.05) is 74.5 Å². The number of anilines is 2. The molecule has 0 unspecified atom stereocenters. The van der Waals surface area contributed by atoms with Crippen LogP contribution in [-0.4, -0.2) is 22.0 Å². The molecule has 0 aliphatic carbocycles. The molecule has 3 rings (SSSR count). The summed E-state index contributed by atoms with van der Waals surface area (Å²) >= 11 is 0. The molecule has 1 amide bonds. The SMILES string of the molecule is CC(C)CN(C(=O)Cc1ccccc1)c1c(N)n(Cc2ccccc2)c(=O)[nH]c1=O. The van der Waals surface area contributed by atoms with Crippen LogP contribution < -0.4 is 21.9 Å². The highest BCUT2D eigenvalue weighted by Gasteiger charge is 2.25. The third-order valence-corrected chi connectivity index (χ3v) is 4.71. The summed E-state index contributed by atoms with van der Waals surface area (Å²) in [4.78, 5) is 42.0. The average Bonchev–Trinajstić information content (AvgIpc) is 2.71. The first-order valence-electron chi connectivity index (χ1n) is 9.87. The van der Waals surface area contributed by atoms with Crippen molar-refractivity contribution in [3.8, 4) is 0 Å². The molecule has 7 nitrogen and oxygen atoms in total. The fraction of sp³-hybridized carbons (Fsp3) is 0.261. The zero-order valence-corrected chi connectivity index (χ0v) is 17.2. The Morgan fingerprint density at radius 1 is 1.00 bits per heavy atom. The van der Waals surface area contributed by atoms with Gasteiger partial charge in [0.1, 0.15) is 5.82 Å². The van der Waals surface area contributed by atoms with E-state index in [1.165, 1.54) is 9.47 Å². The van der Waals surface area contributed by atoms with Gasteiger partial charge in [0.25, 0.3) is 5.56 Å². The number of aromatic amines is 1. The summed E-state index contributed by atoms with van der Waals surface area (Å²) in [6.07, 6.45) is 0.129. The summed E-state index contributed by atoms with van der Waals surface area (Å²) in [7, 11) is 0. The van der Waals surface area contributed by atoms with Gasteiger partial charge in [0, 0.05) is 6.54 Å². The van der Waals surface area contributed by atoms with Crippen molar-refractivity contribution in [3.63, 3.8) is 0 Å². The second-order valence-electron chi connectivity index (χ2n) is 7.63. The molecule has 0 aliphatic heterocycles. The van der Waals surface area contributed by atoms with Gasteiger partial charge < -0.3 is 10.6 Å². The lowest BCUT2D eigenvalue weighted by Gasteiger charge is -2.26. The Balaban J connectivity index is 2.04. The lowest BCUT2D eigenvalue weighted by molar-refractivity contribution is -0.118. The number of amides is 1. The van der Waals surface area contributed by atoms with E-state index in [0.29, 0.717) is 6.54 Å². The molecule has 30 heavy (non-hydrogen) atoms. The minimum Gasteiger partial charge on any atom is -0.383 e. The number of nitrogens with two attached hydrogens (primary N) is 1. The molecule has 3 N–H and O–H groups in total. The number of aromatic nitrogens is 2. The van der Waals surface area contributed by atoms with Crippen LogP contribution >= 0.6 is 0 Å². The van der Waals surface area contributed by atoms with Crippen LogP contribution in [0.1, 0.15) is 25.0 Å². The highest BCUT2D eigenvalue weighted by Crippen LogP contribution is 2.20. The molecule has 0 fully saturated rings. The molecular formula is C23H26N4O3. The number of nitrogens with zero attached hydrogens (tertiary/aromatic N) is 2. The van der Waals surface area contributed by atoms with Crippen LogP contribution in [0.4, 0.5) is 11.5 Å². The van der Waals surface area contributed by atoms with Gasteiger partial charge in [0.05, 0.1) is 13.0 Å². The largest absolute Gasteiger partial charge is 0.383 e. The number of nitrogens with one attached hydrogen (secondary N) is 1. The Morgan fingerprint density at radius 2 is 1.57 bits per heavy atom. The summed E-state index contributed by atoms with van der Waals surface area (Å²) < 4.78 is 1.29. The van der Waals surface area contributed by atoms with Gasteiger partial charge in [-0.15, -0.1) is 0 Å². The molecule has 7 heteroatoms. The molecule has 0 saturated heterocycles. The van der Waals surface area contributed by atoms with Crippen molar-refractivity contribution in [2.45, 2.75) is 26.8 Å². The topological polar surface area (TPSA) is 101 Å². The molecule has 0 aliphatic rings. The van der Waals surface area contributed by atoms with Crippen LogP contribution in [-0.2, 0) is 17.8 Å². The predicted molar refractivity (Wildman–Crippen MR) is 119 cm³/mol. The van der Waals surface area contributed by atoms with Gasteiger partial charge in [-0.25, -0.2) is 4.79 Å². The van der Waals surface area contributed by atoms with Gasteiger partial charge >= 0.3 is 5.69 Å². The summed E-state index contributed by atoms with van der Waals surface area (Å²) in [5.41, 5.74) is 6.73. The van der Waals surface area contributed by atoms with Gasteiger partial charge in [-0.3, -0.25) is 19.1 Å². The van der Waals surface area contributed by atoms with Crippen molar-refractivity contribution >= 4 is 17.4 Å². The molecule has 0 bridgehead atoms. The van der Waals surface area contributed by atoms with Crippen LogP contribution in [0.3, 0.4) is 0 Å². The Hall–Kier alpha value is -3.61. The second-order valence-corrected chi connectivity index (χ2v) is 7.63. The van der Waals surface area contributed by atoms with Crippen molar-refractivity contribution < 1.29 is 4.79 Å². The molecule has 3 aromatic rings. The van der Waals surface area contributed by atoms with E-state index in [1.54, 1.807) is 0 Å². The average molecular weight is 406 g/mol. The van der Waals surface area contributed by atoms with Crippen LogP contribution in [0.2, 0.25) is 0 Å². The summed E-state index contributed by atoms with van der Waals surface area (Å²) in [5, 5.41) is 0. The van der Waals surface area contributed by atoms with E-state index in [9.17, 15) is 14.4 Å². The number of rotatable bonds is 7. The number of carbonyl (C=O) groups excluding carboxylic acids is 1. The lowest BCUT2D eigenvalue weighted by atomic mass is 10.1. The lowest BCUT2D eigenvalue weighted by Crippen LogP contribution is -2.43. The summed E-state index contributed by atoms with van der Waals surface area (Å²) in [5.74, 6) is -0.176. The Bertz CT molecular complexity index is 1120. The van der Waals surface area contributed by atoms with Crippen molar-refractivity contribution in [1.82, 2.24) is 9.55 Å². The first-order chi connectivity index (χ1) is 14.4. The molecule has 0 spiro atoms. The van der Waals surface area contributed by atoms with Gasteiger partial charge in [0.15, 0.2) is 5.69 Å². The van der Waals surface area contributed by atoms with E-state index >= 15 is 0 Å². The fourth-order valence-electron chi connectivity index (χ4n) is 3.31. The number of hydrogen-bond acceptors (Lipinski definition) is 4. The third-order valence-electron chi connectivity index (χ3n) is 4.71. The fourth-order valence-corrected chi connectivity index (χ4v) is 3.31. The minimum atomic E-state index is -0.663. The Morgan fingerprint density at radius 3 is 2.13 bits per heavy atom. The van der Waals surface area contributed by atoms with E-state index in [-0.39, 0.29) is 36.3 Å². The van der Waals surface area contributed by atoms with Gasteiger partial charge in [-0.2, -0.15) is 0 Å². The van der Waals surface area contributed by atoms with Crippen molar-refractivity contribution in [3.05, 3.63) is 92.6 Å². The zero-order valence-electron chi connectivity index (χ0n) is 17.2. The first kappa shape index (κ1) is 21.1. The Kier molecular flexibility index (Phi) is 6.51. The van der Waals surface area contributed by atoms with Crippen LogP contribution in [0.5, 0.6) is 0 Å². The molecule has 156 valence electrons. The number of hydrogen-bond donors (Lipinski definition) is 2. The summed E-state index contributed by atoms with van der Waals surface area (Å²) in [6, 6.07) is 18.6. The van der Waals surface area contributed by atoms with E-state index < -0.39 is 11.2 Å². The molecule has 0 saturated carbocycles. The molecule has 0 atom stereocenters. The maximum atomic E-state index is 13.1. The highest BCUT2D eigenvalue weighted by molar-refractivity contribution is 5.96. The van der Waals surface area contributed by atoms with Gasteiger partial charge in [-0.05, 0) is 17.0 Å². The minimum absolute atomic E-state index is 0.0140. The van der Waals surface area contributed by atoms with Crippen LogP contribution in [0.25, 0.3) is 0 Å². The van der Waals surface area contributed by atoms with Gasteiger partial charge in [-0.1, -0.05) is 74.5 Å². The number of nitrogen functional groups attached to an aromatic ring is 1. The molecule has 0 radical (unpaired) electrons. The second kappa shape index (κ2) is 9.26. The monoisotopic (exact) mass is 406 g/mol. The summed E-state index contributed by atoms with van der Waals surface area (Å²) in [6.45, 7) is 4.40. The van der Waals surface area contributed by atoms with E-state index in [4.69, 9.17) is 5.73 Å². The number of carbonyl (C=O) groups is 1. The van der Waals surface area contributed by atoms with Crippen molar-refractivity contribution in [1.29, 1.82) is 0 Å². The highest BCUT2D eigenvalue weighted by atomic mass is 16.2. The van der Waals surface area contributed by atoms with E-state index in [0.717, 1.165) is 11.1 Å². The maximum absolute atomic E-state index is 13.1. The van der Waals surface area contributed by atoms with Gasteiger partial charge in [0.2, 0.25) is 5.91 Å². The first-order valence-corrected chi connectivity index (χ1v) is 9.87. The Labute approximate surface area is 174 Å². The normalized spacial score (nSPS) is 10.9. The number of H-pyrrole nitrogens is 1. The quantitative estimate of drug-likeness (QED) is 0.629. The zero-order chi connectivity index (χ0) is 21.7.